The number of carboxylic acid groups (broad SMARTS) is 1. The molecule has 0 aliphatic carbocycles. The predicted molar refractivity (Wildman–Crippen MR) is 50.4 cm³/mol. The molecule has 0 radical (unpaired) electrons. The zero-order valence-electron chi connectivity index (χ0n) is 8.18. The first-order valence-corrected chi connectivity index (χ1v) is 5.85. The lowest BCUT2D eigenvalue weighted by molar-refractivity contribution is -0.255. The van der Waals surface area contributed by atoms with Gasteiger partial charge in [0, 0.05) is 11.8 Å². The SMILES string of the molecule is COc1ccc(S(C)(=O)=O)cc1C(=O)[O-]. The van der Waals surface area contributed by atoms with Crippen LogP contribution in [-0.2, 0) is 9.84 Å². The van der Waals surface area contributed by atoms with Crippen molar-refractivity contribution < 1.29 is 23.1 Å². The summed E-state index contributed by atoms with van der Waals surface area (Å²) in [7, 11) is -2.14. The molecule has 1 aromatic carbocycles. The second kappa shape index (κ2) is 3.90. The van der Waals surface area contributed by atoms with E-state index in [9.17, 15) is 18.3 Å². The summed E-state index contributed by atoms with van der Waals surface area (Å²) in [6, 6.07) is 3.58. The van der Waals surface area contributed by atoms with Gasteiger partial charge in [0.15, 0.2) is 9.84 Å². The second-order valence-corrected chi connectivity index (χ2v) is 4.94. The molecule has 15 heavy (non-hydrogen) atoms. The maximum Gasteiger partial charge on any atom is 0.175 e. The van der Waals surface area contributed by atoms with E-state index >= 15 is 0 Å². The van der Waals surface area contributed by atoms with Crippen LogP contribution < -0.4 is 9.84 Å². The molecule has 0 aliphatic heterocycles. The average Bonchev–Trinajstić information content (AvgIpc) is 2.15. The number of carboxylic acids is 1. The number of hydrogen-bond donors (Lipinski definition) is 0. The largest absolute Gasteiger partial charge is 0.545 e. The summed E-state index contributed by atoms with van der Waals surface area (Å²) in [6.45, 7) is 0. The highest BCUT2D eigenvalue weighted by Crippen LogP contribution is 2.21. The second-order valence-electron chi connectivity index (χ2n) is 2.92. The van der Waals surface area contributed by atoms with E-state index in [4.69, 9.17) is 4.74 Å². The van der Waals surface area contributed by atoms with Crippen molar-refractivity contribution in [3.63, 3.8) is 0 Å². The van der Waals surface area contributed by atoms with E-state index in [0.29, 0.717) is 0 Å². The van der Waals surface area contributed by atoms with Gasteiger partial charge < -0.3 is 14.6 Å². The normalized spacial score (nSPS) is 11.1. The molecule has 0 saturated carbocycles. The van der Waals surface area contributed by atoms with E-state index < -0.39 is 15.8 Å². The van der Waals surface area contributed by atoms with Crippen molar-refractivity contribution in [1.29, 1.82) is 0 Å². The van der Waals surface area contributed by atoms with Crippen LogP contribution in [0.1, 0.15) is 10.4 Å². The number of methoxy groups -OCH3 is 1. The first kappa shape index (κ1) is 11.5. The summed E-state index contributed by atoms with van der Waals surface area (Å²) in [4.78, 5) is 10.6. The Kier molecular flexibility index (Phi) is 2.99. The molecular formula is C9H9O5S-. The van der Waals surface area contributed by atoms with Crippen molar-refractivity contribution in [3.8, 4) is 5.75 Å². The highest BCUT2D eigenvalue weighted by Gasteiger charge is 2.11. The van der Waals surface area contributed by atoms with Crippen molar-refractivity contribution in [2.75, 3.05) is 13.4 Å². The van der Waals surface area contributed by atoms with Crippen LogP contribution >= 0.6 is 0 Å². The molecule has 0 heterocycles. The molecule has 0 aliphatic rings. The van der Waals surface area contributed by atoms with Gasteiger partial charge in [0.1, 0.15) is 5.75 Å². The molecule has 6 heteroatoms. The Bertz CT molecular complexity index is 489. The fourth-order valence-corrected chi connectivity index (χ4v) is 1.72. The highest BCUT2D eigenvalue weighted by molar-refractivity contribution is 7.90. The molecule has 0 amide bonds. The molecule has 0 N–H and O–H groups in total. The minimum Gasteiger partial charge on any atom is -0.545 e. The van der Waals surface area contributed by atoms with Crippen LogP contribution in [0.4, 0.5) is 0 Å². The van der Waals surface area contributed by atoms with Crippen LogP contribution in [0.3, 0.4) is 0 Å². The third-order valence-corrected chi connectivity index (χ3v) is 2.93. The third kappa shape index (κ3) is 2.47. The molecule has 1 rings (SSSR count). The van der Waals surface area contributed by atoms with Crippen LogP contribution in [0, 0.1) is 0 Å². The van der Waals surface area contributed by atoms with Gasteiger partial charge in [-0.1, -0.05) is 0 Å². The van der Waals surface area contributed by atoms with E-state index in [-0.39, 0.29) is 16.2 Å². The zero-order valence-corrected chi connectivity index (χ0v) is 9.00. The fraction of sp³-hybridized carbons (Fsp3) is 0.222. The van der Waals surface area contributed by atoms with Crippen LogP contribution in [0.15, 0.2) is 23.1 Å². The van der Waals surface area contributed by atoms with E-state index in [2.05, 4.69) is 0 Å². The summed E-state index contributed by atoms with van der Waals surface area (Å²) in [5, 5.41) is 10.7. The number of carbonyl (C=O) groups excluding carboxylic acids is 1. The number of benzene rings is 1. The number of sulfone groups is 1. The van der Waals surface area contributed by atoms with Crippen LogP contribution in [-0.4, -0.2) is 27.8 Å². The monoisotopic (exact) mass is 229 g/mol. The first-order chi connectivity index (χ1) is 6.86. The average molecular weight is 229 g/mol. The van der Waals surface area contributed by atoms with E-state index in [1.165, 1.54) is 19.2 Å². The minimum absolute atomic E-state index is 0.0717. The summed E-state index contributed by atoms with van der Waals surface area (Å²) in [5.74, 6) is -1.40. The van der Waals surface area contributed by atoms with Crippen LogP contribution in [0.5, 0.6) is 5.75 Å². The van der Waals surface area contributed by atoms with Gasteiger partial charge in [0.25, 0.3) is 0 Å². The minimum atomic E-state index is -3.43. The molecule has 0 fully saturated rings. The van der Waals surface area contributed by atoms with Gasteiger partial charge in [0.2, 0.25) is 0 Å². The van der Waals surface area contributed by atoms with E-state index in [1.807, 2.05) is 0 Å². The maximum atomic E-state index is 11.2. The van der Waals surface area contributed by atoms with Gasteiger partial charge in [0.05, 0.1) is 18.0 Å². The summed E-state index contributed by atoms with van der Waals surface area (Å²) < 4.78 is 27.1. The molecule has 0 saturated heterocycles. The lowest BCUT2D eigenvalue weighted by Crippen LogP contribution is -2.23. The third-order valence-electron chi connectivity index (χ3n) is 1.82. The summed E-state index contributed by atoms with van der Waals surface area (Å²) in [5.41, 5.74) is -0.277. The standard InChI is InChI=1S/C9H10O5S/c1-14-8-4-3-6(15(2,12)13)5-7(8)9(10)11/h3-5H,1-2H3,(H,10,11)/p-1. The zero-order chi connectivity index (χ0) is 11.6. The molecule has 0 aromatic heterocycles. The molecule has 0 spiro atoms. The van der Waals surface area contributed by atoms with Crippen molar-refractivity contribution >= 4 is 15.8 Å². The molecule has 0 unspecified atom stereocenters. The van der Waals surface area contributed by atoms with Crippen molar-refractivity contribution in [2.45, 2.75) is 4.90 Å². The van der Waals surface area contributed by atoms with Crippen LogP contribution in [0.2, 0.25) is 0 Å². The lowest BCUT2D eigenvalue weighted by atomic mass is 10.2. The van der Waals surface area contributed by atoms with Gasteiger partial charge >= 0.3 is 0 Å². The highest BCUT2D eigenvalue weighted by atomic mass is 32.2. The van der Waals surface area contributed by atoms with Crippen molar-refractivity contribution in [1.82, 2.24) is 0 Å². The number of aromatic carboxylic acids is 1. The van der Waals surface area contributed by atoms with E-state index in [1.54, 1.807) is 0 Å². The maximum absolute atomic E-state index is 11.2. The Morgan fingerprint density at radius 1 is 1.40 bits per heavy atom. The smallest absolute Gasteiger partial charge is 0.175 e. The Hall–Kier alpha value is -1.56. The number of hydrogen-bond acceptors (Lipinski definition) is 5. The molecule has 0 bridgehead atoms. The van der Waals surface area contributed by atoms with Crippen molar-refractivity contribution in [2.24, 2.45) is 0 Å². The Labute approximate surface area is 87.2 Å². The topological polar surface area (TPSA) is 83.5 Å². The Balaban J connectivity index is 3.42. The van der Waals surface area contributed by atoms with Gasteiger partial charge in [-0.2, -0.15) is 0 Å². The van der Waals surface area contributed by atoms with Gasteiger partial charge in [-0.05, 0) is 18.2 Å². The van der Waals surface area contributed by atoms with Crippen LogP contribution in [0.25, 0.3) is 0 Å². The number of carbonyl (C=O) groups is 1. The summed E-state index contributed by atoms with van der Waals surface area (Å²) in [6.07, 6.45) is 0.994. The fourth-order valence-electron chi connectivity index (χ4n) is 1.08. The summed E-state index contributed by atoms with van der Waals surface area (Å²) >= 11 is 0. The quantitative estimate of drug-likeness (QED) is 0.695. The Morgan fingerprint density at radius 3 is 2.40 bits per heavy atom. The number of ether oxygens (including phenoxy) is 1. The molecular weight excluding hydrogens is 220 g/mol. The number of rotatable bonds is 3. The first-order valence-electron chi connectivity index (χ1n) is 3.95. The molecule has 0 atom stereocenters. The predicted octanol–water partition coefficient (Wildman–Crippen LogP) is -0.538. The molecule has 1 aromatic rings. The Morgan fingerprint density at radius 2 is 2.00 bits per heavy atom. The lowest BCUT2D eigenvalue weighted by Gasteiger charge is -2.10. The molecule has 5 nitrogen and oxygen atoms in total. The molecule has 82 valence electrons. The van der Waals surface area contributed by atoms with E-state index in [0.717, 1.165) is 12.3 Å². The van der Waals surface area contributed by atoms with Gasteiger partial charge in [-0.15, -0.1) is 0 Å². The van der Waals surface area contributed by atoms with Crippen molar-refractivity contribution in [3.05, 3.63) is 23.8 Å². The van der Waals surface area contributed by atoms with Gasteiger partial charge in [-0.3, -0.25) is 0 Å². The van der Waals surface area contributed by atoms with Gasteiger partial charge in [-0.25, -0.2) is 8.42 Å².